The van der Waals surface area contributed by atoms with Crippen molar-refractivity contribution in [3.63, 3.8) is 0 Å². The molecule has 4 heteroatoms. The molecule has 1 aliphatic heterocycles. The first-order chi connectivity index (χ1) is 9.08. The molecule has 0 amide bonds. The van der Waals surface area contributed by atoms with E-state index in [1.54, 1.807) is 0 Å². The molecule has 2 rings (SSSR count). The number of piperidine rings is 1. The molecule has 1 fully saturated rings. The van der Waals surface area contributed by atoms with Gasteiger partial charge in [0.2, 0.25) is 0 Å². The lowest BCUT2D eigenvalue weighted by molar-refractivity contribution is 0.0750. The molecule has 1 saturated heterocycles. The molecule has 1 heterocycles. The monoisotopic (exact) mass is 277 g/mol. The molecule has 0 bridgehead atoms. The van der Waals surface area contributed by atoms with Gasteiger partial charge in [0.15, 0.2) is 5.11 Å². The number of nitrogens with zero attached hydrogens (tertiary/aromatic N) is 1. The second kappa shape index (κ2) is 6.35. The highest BCUT2D eigenvalue weighted by atomic mass is 32.1. The Balaban J connectivity index is 1.96. The van der Waals surface area contributed by atoms with Crippen molar-refractivity contribution in [1.82, 2.24) is 10.4 Å². The molecule has 0 aromatic heterocycles. The van der Waals surface area contributed by atoms with Crippen molar-refractivity contribution in [1.29, 1.82) is 0 Å². The van der Waals surface area contributed by atoms with Crippen molar-refractivity contribution in [3.8, 4) is 0 Å². The summed E-state index contributed by atoms with van der Waals surface area (Å²) in [7, 11) is 0. The van der Waals surface area contributed by atoms with Crippen LogP contribution in [0.5, 0.6) is 0 Å². The normalized spacial score (nSPS) is 23.9. The molecule has 1 aliphatic rings. The maximum atomic E-state index is 5.42. The average molecular weight is 277 g/mol. The SMILES string of the molecule is Cc1ccccc1NC(=S)NN1[C@@H](C)CCC[C@@H]1C. The fourth-order valence-corrected chi connectivity index (χ4v) is 2.84. The maximum absolute atomic E-state index is 5.42. The fourth-order valence-electron chi connectivity index (χ4n) is 2.62. The Morgan fingerprint density at radius 2 is 1.84 bits per heavy atom. The van der Waals surface area contributed by atoms with Gasteiger partial charge in [0.25, 0.3) is 0 Å². The first-order valence-corrected chi connectivity index (χ1v) is 7.40. The van der Waals surface area contributed by atoms with Gasteiger partial charge >= 0.3 is 0 Å². The van der Waals surface area contributed by atoms with Gasteiger partial charge < -0.3 is 5.32 Å². The molecule has 0 spiro atoms. The number of hydrogen-bond donors (Lipinski definition) is 2. The summed E-state index contributed by atoms with van der Waals surface area (Å²) < 4.78 is 0. The highest BCUT2D eigenvalue weighted by molar-refractivity contribution is 7.80. The Hall–Kier alpha value is -1.13. The van der Waals surface area contributed by atoms with Crippen LogP contribution < -0.4 is 10.7 Å². The summed E-state index contributed by atoms with van der Waals surface area (Å²) in [5.74, 6) is 0. The molecule has 3 nitrogen and oxygen atoms in total. The van der Waals surface area contributed by atoms with Crippen LogP contribution in [0.1, 0.15) is 38.7 Å². The third-order valence-corrected chi connectivity index (χ3v) is 4.01. The van der Waals surface area contributed by atoms with Gasteiger partial charge in [-0.05, 0) is 57.5 Å². The molecule has 2 atom stereocenters. The summed E-state index contributed by atoms with van der Waals surface area (Å²) in [6.07, 6.45) is 3.76. The Kier molecular flexibility index (Phi) is 4.77. The van der Waals surface area contributed by atoms with E-state index in [0.29, 0.717) is 17.2 Å². The Morgan fingerprint density at radius 1 is 1.21 bits per heavy atom. The third kappa shape index (κ3) is 3.67. The van der Waals surface area contributed by atoms with E-state index in [2.05, 4.69) is 42.6 Å². The minimum atomic E-state index is 0.528. The summed E-state index contributed by atoms with van der Waals surface area (Å²) in [4.78, 5) is 0. The van der Waals surface area contributed by atoms with Crippen molar-refractivity contribution in [2.75, 3.05) is 5.32 Å². The predicted octanol–water partition coefficient (Wildman–Crippen LogP) is 3.46. The number of anilines is 1. The number of rotatable bonds is 2. The maximum Gasteiger partial charge on any atom is 0.185 e. The van der Waals surface area contributed by atoms with Gasteiger partial charge in [-0.2, -0.15) is 0 Å². The van der Waals surface area contributed by atoms with Gasteiger partial charge in [-0.25, -0.2) is 5.01 Å². The standard InChI is InChI=1S/C15H23N3S/c1-11-7-4-5-10-14(11)16-15(19)17-18-12(2)8-6-9-13(18)3/h4-5,7,10,12-13H,6,8-9H2,1-3H3,(H2,16,17,19)/t12-,13-/m0/s1. The largest absolute Gasteiger partial charge is 0.331 e. The van der Waals surface area contributed by atoms with Crippen LogP contribution in [0.15, 0.2) is 24.3 Å². The predicted molar refractivity (Wildman–Crippen MR) is 85.1 cm³/mol. The molecular formula is C15H23N3S. The van der Waals surface area contributed by atoms with Crippen LogP contribution in [0, 0.1) is 6.92 Å². The third-order valence-electron chi connectivity index (χ3n) is 3.82. The van der Waals surface area contributed by atoms with E-state index >= 15 is 0 Å². The smallest absolute Gasteiger partial charge is 0.185 e. The second-order valence-electron chi connectivity index (χ2n) is 5.42. The number of hydrazine groups is 1. The summed E-state index contributed by atoms with van der Waals surface area (Å²) >= 11 is 5.42. The van der Waals surface area contributed by atoms with Crippen molar-refractivity contribution < 1.29 is 0 Å². The van der Waals surface area contributed by atoms with E-state index in [1.807, 2.05) is 18.2 Å². The lowest BCUT2D eigenvalue weighted by atomic mass is 10.00. The number of aryl methyl sites for hydroxylation is 1. The van der Waals surface area contributed by atoms with Gasteiger partial charge in [-0.1, -0.05) is 24.6 Å². The van der Waals surface area contributed by atoms with Crippen molar-refractivity contribution in [2.24, 2.45) is 0 Å². The van der Waals surface area contributed by atoms with E-state index in [9.17, 15) is 0 Å². The van der Waals surface area contributed by atoms with Gasteiger partial charge in [0.05, 0.1) is 0 Å². The minimum Gasteiger partial charge on any atom is -0.331 e. The molecular weight excluding hydrogens is 254 g/mol. The van der Waals surface area contributed by atoms with E-state index in [1.165, 1.54) is 24.8 Å². The molecule has 0 saturated carbocycles. The van der Waals surface area contributed by atoms with Crippen LogP contribution in [0.2, 0.25) is 0 Å². The van der Waals surface area contributed by atoms with Gasteiger partial charge in [0.1, 0.15) is 0 Å². The zero-order valence-corrected chi connectivity index (χ0v) is 12.8. The number of thiocarbonyl (C=S) groups is 1. The molecule has 19 heavy (non-hydrogen) atoms. The first kappa shape index (κ1) is 14.3. The molecule has 0 aliphatic carbocycles. The van der Waals surface area contributed by atoms with Gasteiger partial charge in [0, 0.05) is 17.8 Å². The highest BCUT2D eigenvalue weighted by Gasteiger charge is 2.25. The van der Waals surface area contributed by atoms with Crippen molar-refractivity contribution in [2.45, 2.75) is 52.1 Å². The Labute approximate surface area is 121 Å². The van der Waals surface area contributed by atoms with E-state index in [4.69, 9.17) is 12.2 Å². The molecule has 0 radical (unpaired) electrons. The van der Waals surface area contributed by atoms with E-state index in [0.717, 1.165) is 5.69 Å². The lowest BCUT2D eigenvalue weighted by Gasteiger charge is -2.39. The van der Waals surface area contributed by atoms with Crippen molar-refractivity contribution in [3.05, 3.63) is 29.8 Å². The minimum absolute atomic E-state index is 0.528. The zero-order valence-electron chi connectivity index (χ0n) is 11.9. The van der Waals surface area contributed by atoms with Crippen LogP contribution in [0.3, 0.4) is 0 Å². The lowest BCUT2D eigenvalue weighted by Crippen LogP contribution is -2.55. The van der Waals surface area contributed by atoms with Crippen LogP contribution >= 0.6 is 12.2 Å². The van der Waals surface area contributed by atoms with E-state index in [-0.39, 0.29) is 0 Å². The number of hydrogen-bond acceptors (Lipinski definition) is 2. The first-order valence-electron chi connectivity index (χ1n) is 6.99. The molecule has 0 unspecified atom stereocenters. The van der Waals surface area contributed by atoms with Gasteiger partial charge in [-0.3, -0.25) is 5.43 Å². The number of nitrogens with one attached hydrogen (secondary N) is 2. The second-order valence-corrected chi connectivity index (χ2v) is 5.83. The summed E-state index contributed by atoms with van der Waals surface area (Å²) in [6.45, 7) is 6.58. The van der Waals surface area contributed by atoms with Crippen LogP contribution in [0.25, 0.3) is 0 Å². The quantitative estimate of drug-likeness (QED) is 0.810. The molecule has 1 aromatic carbocycles. The average Bonchev–Trinajstić information content (AvgIpc) is 2.37. The fraction of sp³-hybridized carbons (Fsp3) is 0.533. The van der Waals surface area contributed by atoms with Gasteiger partial charge in [-0.15, -0.1) is 0 Å². The Bertz CT molecular complexity index is 437. The highest BCUT2D eigenvalue weighted by Crippen LogP contribution is 2.20. The Morgan fingerprint density at radius 3 is 2.47 bits per heavy atom. The molecule has 2 N–H and O–H groups in total. The number of para-hydroxylation sites is 1. The molecule has 1 aromatic rings. The van der Waals surface area contributed by atoms with Crippen LogP contribution in [-0.4, -0.2) is 22.2 Å². The zero-order chi connectivity index (χ0) is 13.8. The van der Waals surface area contributed by atoms with Crippen molar-refractivity contribution >= 4 is 23.0 Å². The topological polar surface area (TPSA) is 27.3 Å². The summed E-state index contributed by atoms with van der Waals surface area (Å²) in [6, 6.07) is 9.24. The van der Waals surface area contributed by atoms with E-state index < -0.39 is 0 Å². The summed E-state index contributed by atoms with van der Waals surface area (Å²) in [5.41, 5.74) is 5.62. The van der Waals surface area contributed by atoms with Crippen LogP contribution in [-0.2, 0) is 0 Å². The molecule has 104 valence electrons. The number of benzene rings is 1. The summed E-state index contributed by atoms with van der Waals surface area (Å²) in [5, 5.41) is 6.23. The van der Waals surface area contributed by atoms with Crippen LogP contribution in [0.4, 0.5) is 5.69 Å².